The molecule has 0 aliphatic rings. The Morgan fingerprint density at radius 2 is 0.939 bits per heavy atom. The lowest BCUT2D eigenvalue weighted by molar-refractivity contribution is 0.669. The normalized spacial score (nSPS) is 11.7. The van der Waals surface area contributed by atoms with Crippen LogP contribution in [0.15, 0.2) is 185 Å². The van der Waals surface area contributed by atoms with Crippen LogP contribution >= 0.6 is 0 Å². The molecule has 0 spiro atoms. The van der Waals surface area contributed by atoms with Gasteiger partial charge < -0.3 is 13.7 Å². The van der Waals surface area contributed by atoms with Crippen LogP contribution in [0.2, 0.25) is 0 Å². The van der Waals surface area contributed by atoms with Gasteiger partial charge in [-0.15, -0.1) is 0 Å². The minimum atomic E-state index is 0.876. The SMILES string of the molecule is c1ccc(-c2ccc(N(c3cccc(-c4cccc5oc6ccccc6c45)c3)c3ccc4oc5cc6ccccc6cc5c4c3)cc2)cc1. The highest BCUT2D eigenvalue weighted by Crippen LogP contribution is 2.42. The molecule has 0 unspecified atom stereocenters. The standard InChI is InChI=1S/C46H29NO2/c1-2-10-30(11-3-1)31-20-22-35(23-21-31)47(37-24-25-43-41(29-37)40-27-32-12-4-5-13-33(32)28-45(40)49-43)36-15-8-14-34(26-36)38-17-9-19-44-46(38)39-16-6-7-18-42(39)48-44/h1-29H. The molecule has 0 bridgehead atoms. The van der Waals surface area contributed by atoms with Crippen LogP contribution in [0.1, 0.15) is 0 Å². The monoisotopic (exact) mass is 627 g/mol. The summed E-state index contributed by atoms with van der Waals surface area (Å²) >= 11 is 0. The topological polar surface area (TPSA) is 29.5 Å². The molecule has 0 saturated carbocycles. The Labute approximate surface area is 282 Å². The highest BCUT2D eigenvalue weighted by Gasteiger charge is 2.18. The number of anilines is 3. The Morgan fingerprint density at radius 1 is 0.327 bits per heavy atom. The summed E-state index contributed by atoms with van der Waals surface area (Å²) in [6.07, 6.45) is 0. The number of furan rings is 2. The molecule has 2 heterocycles. The molecular weight excluding hydrogens is 599 g/mol. The Kier molecular flexibility index (Phi) is 6.18. The molecule has 0 N–H and O–H groups in total. The van der Waals surface area contributed by atoms with E-state index in [9.17, 15) is 0 Å². The van der Waals surface area contributed by atoms with Gasteiger partial charge in [-0.1, -0.05) is 109 Å². The summed E-state index contributed by atoms with van der Waals surface area (Å²) in [4.78, 5) is 2.34. The van der Waals surface area contributed by atoms with Crippen molar-refractivity contribution in [2.75, 3.05) is 4.90 Å². The summed E-state index contributed by atoms with van der Waals surface area (Å²) < 4.78 is 12.6. The second-order valence-electron chi connectivity index (χ2n) is 12.6. The zero-order valence-electron chi connectivity index (χ0n) is 26.5. The fourth-order valence-electron chi connectivity index (χ4n) is 7.30. The van der Waals surface area contributed by atoms with Crippen LogP contribution in [0.4, 0.5) is 17.1 Å². The van der Waals surface area contributed by atoms with Crippen LogP contribution in [0, 0.1) is 0 Å². The quantitative estimate of drug-likeness (QED) is 0.190. The Hall–Kier alpha value is -6.58. The molecule has 0 amide bonds. The average molecular weight is 628 g/mol. The van der Waals surface area contributed by atoms with E-state index in [-0.39, 0.29) is 0 Å². The fourth-order valence-corrected chi connectivity index (χ4v) is 7.30. The number of benzene rings is 8. The molecule has 0 fully saturated rings. The lowest BCUT2D eigenvalue weighted by Gasteiger charge is -2.26. The van der Waals surface area contributed by atoms with E-state index in [1.807, 2.05) is 12.1 Å². The van der Waals surface area contributed by atoms with E-state index in [2.05, 4.69) is 169 Å². The third-order valence-corrected chi connectivity index (χ3v) is 9.63. The molecule has 0 radical (unpaired) electrons. The maximum Gasteiger partial charge on any atom is 0.136 e. The Bertz CT molecular complexity index is 2830. The Morgan fingerprint density at radius 3 is 1.82 bits per heavy atom. The number of nitrogens with zero attached hydrogens (tertiary/aromatic N) is 1. The fraction of sp³-hybridized carbons (Fsp3) is 0. The van der Waals surface area contributed by atoms with Crippen molar-refractivity contribution in [2.45, 2.75) is 0 Å². The molecule has 0 atom stereocenters. The van der Waals surface area contributed by atoms with Gasteiger partial charge in [0.1, 0.15) is 22.3 Å². The van der Waals surface area contributed by atoms with Crippen LogP contribution in [-0.2, 0) is 0 Å². The van der Waals surface area contributed by atoms with Gasteiger partial charge in [-0.25, -0.2) is 0 Å². The van der Waals surface area contributed by atoms with Crippen LogP contribution in [-0.4, -0.2) is 0 Å². The van der Waals surface area contributed by atoms with E-state index in [0.717, 1.165) is 72.1 Å². The molecule has 3 heteroatoms. The number of para-hydroxylation sites is 1. The molecule has 230 valence electrons. The first kappa shape index (κ1) is 27.5. The van der Waals surface area contributed by atoms with E-state index in [4.69, 9.17) is 8.83 Å². The van der Waals surface area contributed by atoms with Crippen molar-refractivity contribution in [3.8, 4) is 22.3 Å². The van der Waals surface area contributed by atoms with Gasteiger partial charge in [0.15, 0.2) is 0 Å². The first-order valence-electron chi connectivity index (χ1n) is 16.6. The predicted octanol–water partition coefficient (Wildman–Crippen LogP) is 13.4. The molecular formula is C46H29NO2. The highest BCUT2D eigenvalue weighted by atomic mass is 16.3. The van der Waals surface area contributed by atoms with Crippen molar-refractivity contribution in [3.05, 3.63) is 176 Å². The van der Waals surface area contributed by atoms with Crippen LogP contribution < -0.4 is 4.90 Å². The van der Waals surface area contributed by atoms with Gasteiger partial charge >= 0.3 is 0 Å². The van der Waals surface area contributed by atoms with Gasteiger partial charge in [0.2, 0.25) is 0 Å². The van der Waals surface area contributed by atoms with E-state index in [0.29, 0.717) is 0 Å². The maximum absolute atomic E-state index is 6.39. The minimum Gasteiger partial charge on any atom is -0.456 e. The lowest BCUT2D eigenvalue weighted by Crippen LogP contribution is -2.10. The Balaban J connectivity index is 1.16. The second-order valence-corrected chi connectivity index (χ2v) is 12.6. The van der Waals surface area contributed by atoms with Crippen molar-refractivity contribution in [1.82, 2.24) is 0 Å². The minimum absolute atomic E-state index is 0.876. The average Bonchev–Trinajstić information content (AvgIpc) is 3.72. The van der Waals surface area contributed by atoms with Crippen molar-refractivity contribution in [1.29, 1.82) is 0 Å². The second kappa shape index (κ2) is 11.0. The van der Waals surface area contributed by atoms with Gasteiger partial charge in [-0.05, 0) is 99.8 Å². The van der Waals surface area contributed by atoms with E-state index in [1.165, 1.54) is 21.9 Å². The number of fused-ring (bicyclic) bond motifs is 7. The number of hydrogen-bond donors (Lipinski definition) is 0. The molecule has 3 nitrogen and oxygen atoms in total. The summed E-state index contributed by atoms with van der Waals surface area (Å²) in [6.45, 7) is 0. The van der Waals surface area contributed by atoms with Crippen LogP contribution in [0.25, 0.3) is 76.9 Å². The summed E-state index contributed by atoms with van der Waals surface area (Å²) in [5.41, 5.74) is 11.4. The number of hydrogen-bond acceptors (Lipinski definition) is 3. The molecule has 10 rings (SSSR count). The smallest absolute Gasteiger partial charge is 0.136 e. The first-order chi connectivity index (χ1) is 24.3. The molecule has 49 heavy (non-hydrogen) atoms. The first-order valence-corrected chi connectivity index (χ1v) is 16.6. The molecule has 0 saturated heterocycles. The molecule has 10 aromatic rings. The summed E-state index contributed by atoms with van der Waals surface area (Å²) in [6, 6.07) is 62.1. The van der Waals surface area contributed by atoms with Crippen molar-refractivity contribution >= 4 is 71.7 Å². The van der Waals surface area contributed by atoms with Gasteiger partial charge in [-0.2, -0.15) is 0 Å². The van der Waals surface area contributed by atoms with Gasteiger partial charge in [0.25, 0.3) is 0 Å². The molecule has 8 aromatic carbocycles. The predicted molar refractivity (Wildman–Crippen MR) is 204 cm³/mol. The summed E-state index contributed by atoms with van der Waals surface area (Å²) in [5, 5.41) is 6.83. The van der Waals surface area contributed by atoms with Crippen LogP contribution in [0.3, 0.4) is 0 Å². The molecule has 0 aliphatic carbocycles. The largest absolute Gasteiger partial charge is 0.456 e. The van der Waals surface area contributed by atoms with Gasteiger partial charge in [0.05, 0.1) is 0 Å². The third kappa shape index (κ3) is 4.59. The maximum atomic E-state index is 6.39. The van der Waals surface area contributed by atoms with Crippen molar-refractivity contribution in [3.63, 3.8) is 0 Å². The van der Waals surface area contributed by atoms with E-state index in [1.54, 1.807) is 0 Å². The number of rotatable bonds is 5. The molecule has 2 aromatic heterocycles. The van der Waals surface area contributed by atoms with Crippen LogP contribution in [0.5, 0.6) is 0 Å². The van der Waals surface area contributed by atoms with Gasteiger partial charge in [-0.3, -0.25) is 0 Å². The van der Waals surface area contributed by atoms with E-state index >= 15 is 0 Å². The summed E-state index contributed by atoms with van der Waals surface area (Å²) in [5.74, 6) is 0. The zero-order chi connectivity index (χ0) is 32.3. The molecule has 0 aliphatic heterocycles. The van der Waals surface area contributed by atoms with E-state index < -0.39 is 0 Å². The lowest BCUT2D eigenvalue weighted by atomic mass is 9.98. The van der Waals surface area contributed by atoms with Crippen molar-refractivity contribution in [2.24, 2.45) is 0 Å². The van der Waals surface area contributed by atoms with Gasteiger partial charge in [0, 0.05) is 38.6 Å². The highest BCUT2D eigenvalue weighted by molar-refractivity contribution is 6.13. The summed E-state index contributed by atoms with van der Waals surface area (Å²) in [7, 11) is 0. The third-order valence-electron chi connectivity index (χ3n) is 9.63. The van der Waals surface area contributed by atoms with Crippen molar-refractivity contribution < 1.29 is 8.83 Å². The zero-order valence-corrected chi connectivity index (χ0v) is 26.5.